The number of anilines is 1. The van der Waals surface area contributed by atoms with Crippen LogP contribution in [0.15, 0.2) is 30.5 Å². The SMILES string of the molecule is OCCC1(CNc2nccc3ccc(O)cc23)CC1. The number of nitrogens with one attached hydrogen (secondary N) is 1. The molecule has 100 valence electrons. The molecule has 1 aliphatic rings. The van der Waals surface area contributed by atoms with Crippen LogP contribution in [-0.4, -0.2) is 28.3 Å². The summed E-state index contributed by atoms with van der Waals surface area (Å²) < 4.78 is 0. The van der Waals surface area contributed by atoms with Gasteiger partial charge in [-0.15, -0.1) is 0 Å². The highest BCUT2D eigenvalue weighted by atomic mass is 16.3. The van der Waals surface area contributed by atoms with Crippen LogP contribution in [0, 0.1) is 5.41 Å². The van der Waals surface area contributed by atoms with Gasteiger partial charge >= 0.3 is 0 Å². The minimum Gasteiger partial charge on any atom is -0.508 e. The molecule has 4 heteroatoms. The van der Waals surface area contributed by atoms with Crippen LogP contribution in [0.1, 0.15) is 19.3 Å². The Labute approximate surface area is 112 Å². The molecule has 2 aromatic rings. The first-order chi connectivity index (χ1) is 9.22. The van der Waals surface area contributed by atoms with Crippen LogP contribution in [-0.2, 0) is 0 Å². The number of aromatic nitrogens is 1. The van der Waals surface area contributed by atoms with Crippen molar-refractivity contribution >= 4 is 16.6 Å². The molecule has 0 spiro atoms. The lowest BCUT2D eigenvalue weighted by atomic mass is 10.0. The Kier molecular flexibility index (Phi) is 3.03. The van der Waals surface area contributed by atoms with Gasteiger partial charge in [0.05, 0.1) is 0 Å². The van der Waals surface area contributed by atoms with Crippen molar-refractivity contribution in [3.8, 4) is 5.75 Å². The predicted molar refractivity (Wildman–Crippen MR) is 75.3 cm³/mol. The Morgan fingerprint density at radius 1 is 1.26 bits per heavy atom. The van der Waals surface area contributed by atoms with Crippen LogP contribution in [0.3, 0.4) is 0 Å². The zero-order chi connectivity index (χ0) is 13.3. The summed E-state index contributed by atoms with van der Waals surface area (Å²) in [7, 11) is 0. The van der Waals surface area contributed by atoms with Crippen molar-refractivity contribution < 1.29 is 10.2 Å². The van der Waals surface area contributed by atoms with Gasteiger partial charge < -0.3 is 15.5 Å². The molecule has 0 radical (unpaired) electrons. The summed E-state index contributed by atoms with van der Waals surface area (Å²) >= 11 is 0. The fourth-order valence-electron chi connectivity index (χ4n) is 2.50. The number of hydrogen-bond donors (Lipinski definition) is 3. The van der Waals surface area contributed by atoms with E-state index in [9.17, 15) is 5.11 Å². The Morgan fingerprint density at radius 3 is 2.84 bits per heavy atom. The van der Waals surface area contributed by atoms with Gasteiger partial charge in [0.15, 0.2) is 0 Å². The van der Waals surface area contributed by atoms with Gasteiger partial charge in [-0.05, 0) is 48.3 Å². The van der Waals surface area contributed by atoms with E-state index in [1.807, 2.05) is 12.1 Å². The number of hydrogen-bond acceptors (Lipinski definition) is 4. The lowest BCUT2D eigenvalue weighted by Gasteiger charge is -2.16. The molecule has 0 aliphatic heterocycles. The Hall–Kier alpha value is -1.81. The second kappa shape index (κ2) is 4.70. The number of fused-ring (bicyclic) bond motifs is 1. The molecule has 1 heterocycles. The van der Waals surface area contributed by atoms with E-state index in [2.05, 4.69) is 10.3 Å². The second-order valence-corrected chi connectivity index (χ2v) is 5.39. The molecule has 4 nitrogen and oxygen atoms in total. The zero-order valence-corrected chi connectivity index (χ0v) is 10.8. The molecule has 1 saturated carbocycles. The smallest absolute Gasteiger partial charge is 0.133 e. The number of nitrogens with zero attached hydrogens (tertiary/aromatic N) is 1. The van der Waals surface area contributed by atoms with Gasteiger partial charge in [0.1, 0.15) is 11.6 Å². The second-order valence-electron chi connectivity index (χ2n) is 5.39. The van der Waals surface area contributed by atoms with Crippen LogP contribution in [0.25, 0.3) is 10.8 Å². The average molecular weight is 258 g/mol. The highest BCUT2D eigenvalue weighted by molar-refractivity contribution is 5.92. The van der Waals surface area contributed by atoms with E-state index in [1.54, 1.807) is 18.3 Å². The maximum atomic E-state index is 9.59. The van der Waals surface area contributed by atoms with Gasteiger partial charge in [-0.1, -0.05) is 6.07 Å². The molecule has 1 fully saturated rings. The molecule has 0 saturated heterocycles. The standard InChI is InChI=1S/C15H18N2O2/c18-8-6-15(4-5-15)10-17-14-13-9-12(19)2-1-11(13)3-7-16-14/h1-3,7,9,18-19H,4-6,8,10H2,(H,16,17). The molecule has 1 aromatic carbocycles. The molecular weight excluding hydrogens is 240 g/mol. The van der Waals surface area contributed by atoms with E-state index in [0.717, 1.165) is 42.4 Å². The van der Waals surface area contributed by atoms with Crippen LogP contribution in [0.4, 0.5) is 5.82 Å². The van der Waals surface area contributed by atoms with E-state index in [4.69, 9.17) is 5.11 Å². The topological polar surface area (TPSA) is 65.4 Å². The molecule has 19 heavy (non-hydrogen) atoms. The Bertz CT molecular complexity index is 594. The molecule has 1 aromatic heterocycles. The van der Waals surface area contributed by atoms with Crippen LogP contribution in [0.2, 0.25) is 0 Å². The first-order valence-corrected chi connectivity index (χ1v) is 6.65. The summed E-state index contributed by atoms with van der Waals surface area (Å²) in [6.07, 6.45) is 4.94. The normalized spacial score (nSPS) is 16.5. The lowest BCUT2D eigenvalue weighted by Crippen LogP contribution is -2.17. The summed E-state index contributed by atoms with van der Waals surface area (Å²) in [5.74, 6) is 1.05. The van der Waals surface area contributed by atoms with Gasteiger partial charge in [0, 0.05) is 24.7 Å². The fourth-order valence-corrected chi connectivity index (χ4v) is 2.50. The van der Waals surface area contributed by atoms with Crippen molar-refractivity contribution in [1.29, 1.82) is 0 Å². The van der Waals surface area contributed by atoms with E-state index in [0.29, 0.717) is 0 Å². The summed E-state index contributed by atoms with van der Waals surface area (Å²) in [5, 5.41) is 24.0. The van der Waals surface area contributed by atoms with Crippen molar-refractivity contribution in [3.63, 3.8) is 0 Å². The summed E-state index contributed by atoms with van der Waals surface area (Å²) in [5.41, 5.74) is 0.245. The maximum absolute atomic E-state index is 9.59. The van der Waals surface area contributed by atoms with E-state index in [-0.39, 0.29) is 17.8 Å². The molecule has 0 unspecified atom stereocenters. The highest BCUT2D eigenvalue weighted by Gasteiger charge is 2.41. The first-order valence-electron chi connectivity index (χ1n) is 6.65. The predicted octanol–water partition coefficient (Wildman–Crippen LogP) is 2.51. The third-order valence-electron chi connectivity index (χ3n) is 3.98. The van der Waals surface area contributed by atoms with Crippen LogP contribution in [0.5, 0.6) is 5.75 Å². The van der Waals surface area contributed by atoms with Crippen molar-refractivity contribution in [1.82, 2.24) is 4.98 Å². The summed E-state index contributed by atoms with van der Waals surface area (Å²) in [6.45, 7) is 1.07. The third kappa shape index (κ3) is 2.49. The van der Waals surface area contributed by atoms with Crippen molar-refractivity contribution in [2.75, 3.05) is 18.5 Å². The monoisotopic (exact) mass is 258 g/mol. The van der Waals surface area contributed by atoms with E-state index in [1.165, 1.54) is 0 Å². The number of pyridine rings is 1. The summed E-state index contributed by atoms with van der Waals surface area (Å²) in [4.78, 5) is 4.35. The van der Waals surface area contributed by atoms with Gasteiger partial charge in [0.25, 0.3) is 0 Å². The summed E-state index contributed by atoms with van der Waals surface area (Å²) in [6, 6.07) is 7.23. The number of rotatable bonds is 5. The zero-order valence-electron chi connectivity index (χ0n) is 10.8. The van der Waals surface area contributed by atoms with Gasteiger partial charge in [-0.3, -0.25) is 0 Å². The van der Waals surface area contributed by atoms with E-state index < -0.39 is 0 Å². The van der Waals surface area contributed by atoms with Gasteiger partial charge in [0.2, 0.25) is 0 Å². The molecule has 0 amide bonds. The average Bonchev–Trinajstić information content (AvgIpc) is 3.17. The van der Waals surface area contributed by atoms with E-state index >= 15 is 0 Å². The fraction of sp³-hybridized carbons (Fsp3) is 0.400. The van der Waals surface area contributed by atoms with Crippen LogP contribution < -0.4 is 5.32 Å². The molecule has 0 bridgehead atoms. The maximum Gasteiger partial charge on any atom is 0.133 e. The number of aliphatic hydroxyl groups excluding tert-OH is 1. The number of aromatic hydroxyl groups is 1. The molecule has 1 aliphatic carbocycles. The first kappa shape index (κ1) is 12.2. The quantitative estimate of drug-likeness (QED) is 0.771. The van der Waals surface area contributed by atoms with Gasteiger partial charge in [-0.25, -0.2) is 4.98 Å². The lowest BCUT2D eigenvalue weighted by molar-refractivity contribution is 0.253. The van der Waals surface area contributed by atoms with Crippen molar-refractivity contribution in [2.24, 2.45) is 5.41 Å². The third-order valence-corrected chi connectivity index (χ3v) is 3.98. The highest BCUT2D eigenvalue weighted by Crippen LogP contribution is 2.48. The number of phenols is 1. The number of aliphatic hydroxyl groups is 1. The number of phenolic OH excluding ortho intramolecular Hbond substituents is 1. The van der Waals surface area contributed by atoms with Gasteiger partial charge in [-0.2, -0.15) is 0 Å². The molecule has 3 rings (SSSR count). The minimum absolute atomic E-state index is 0.242. The van der Waals surface area contributed by atoms with Crippen molar-refractivity contribution in [3.05, 3.63) is 30.5 Å². The molecule has 3 N–H and O–H groups in total. The molecular formula is C15H18N2O2. The minimum atomic E-state index is 0.242. The van der Waals surface area contributed by atoms with Crippen molar-refractivity contribution in [2.45, 2.75) is 19.3 Å². The van der Waals surface area contributed by atoms with Crippen LogP contribution >= 0.6 is 0 Å². The number of benzene rings is 1. The molecule has 0 atom stereocenters. The largest absolute Gasteiger partial charge is 0.508 e. The Morgan fingerprint density at radius 2 is 2.11 bits per heavy atom. The Balaban J connectivity index is 1.83.